The molecule has 2 heterocycles. The average molecular weight is 270 g/mol. The van der Waals surface area contributed by atoms with Gasteiger partial charge in [0.25, 0.3) is 0 Å². The second-order valence-corrected chi connectivity index (χ2v) is 5.57. The molecule has 2 aliphatic rings. The second-order valence-electron chi connectivity index (χ2n) is 5.57. The van der Waals surface area contributed by atoms with Gasteiger partial charge in [-0.3, -0.25) is 0 Å². The first-order chi connectivity index (χ1) is 9.00. The van der Waals surface area contributed by atoms with Crippen molar-refractivity contribution >= 4 is 12.0 Å². The summed E-state index contributed by atoms with van der Waals surface area (Å²) in [5, 5.41) is 18.8. The topological polar surface area (TPSA) is 81.1 Å². The van der Waals surface area contributed by atoms with Gasteiger partial charge < -0.3 is 20.0 Å². The molecule has 2 aliphatic heterocycles. The van der Waals surface area contributed by atoms with Crippen molar-refractivity contribution in [1.29, 1.82) is 0 Å². The minimum absolute atomic E-state index is 0.124. The Morgan fingerprint density at radius 2 is 1.89 bits per heavy atom. The van der Waals surface area contributed by atoms with Crippen molar-refractivity contribution in [2.75, 3.05) is 13.1 Å². The van der Waals surface area contributed by atoms with Gasteiger partial charge in [-0.15, -0.1) is 0 Å². The van der Waals surface area contributed by atoms with Gasteiger partial charge in [0.2, 0.25) is 0 Å². The summed E-state index contributed by atoms with van der Waals surface area (Å²) in [4.78, 5) is 26.8. The van der Waals surface area contributed by atoms with Gasteiger partial charge >= 0.3 is 12.0 Å². The molecule has 6 nitrogen and oxygen atoms in total. The zero-order valence-corrected chi connectivity index (χ0v) is 11.3. The van der Waals surface area contributed by atoms with Gasteiger partial charge in [-0.2, -0.15) is 0 Å². The van der Waals surface area contributed by atoms with Gasteiger partial charge in [0.05, 0.1) is 6.10 Å². The van der Waals surface area contributed by atoms with Crippen molar-refractivity contribution in [3.05, 3.63) is 0 Å². The fourth-order valence-electron chi connectivity index (χ4n) is 2.98. The van der Waals surface area contributed by atoms with Gasteiger partial charge in [0.15, 0.2) is 0 Å². The predicted molar refractivity (Wildman–Crippen MR) is 68.8 cm³/mol. The number of rotatable bonds is 1. The Hall–Kier alpha value is -1.30. The van der Waals surface area contributed by atoms with E-state index >= 15 is 0 Å². The highest BCUT2D eigenvalue weighted by atomic mass is 16.4. The molecule has 0 radical (unpaired) electrons. The molecular weight excluding hydrogens is 248 g/mol. The highest BCUT2D eigenvalue weighted by Crippen LogP contribution is 2.23. The molecule has 0 aromatic heterocycles. The number of aliphatic hydroxyl groups is 1. The number of aliphatic hydroxyl groups excluding tert-OH is 1. The predicted octanol–water partition coefficient (Wildman–Crippen LogP) is 0.891. The standard InChI is InChI=1S/C13H22N2O4/c1-9-5-3-2-4-6-14(9)13(19)15-8-10(16)7-11(15)12(17)18/h9-11,16H,2-8H2,1H3,(H,17,18)/t9?,10-,11-/m1/s1. The fourth-order valence-corrected chi connectivity index (χ4v) is 2.98. The lowest BCUT2D eigenvalue weighted by Gasteiger charge is -2.33. The summed E-state index contributed by atoms with van der Waals surface area (Å²) >= 11 is 0. The van der Waals surface area contributed by atoms with Gasteiger partial charge in [-0.05, 0) is 19.8 Å². The van der Waals surface area contributed by atoms with E-state index in [0.29, 0.717) is 6.54 Å². The van der Waals surface area contributed by atoms with Crippen LogP contribution in [-0.2, 0) is 4.79 Å². The van der Waals surface area contributed by atoms with E-state index in [-0.39, 0.29) is 25.0 Å². The number of hydrogen-bond acceptors (Lipinski definition) is 3. The zero-order chi connectivity index (χ0) is 14.0. The van der Waals surface area contributed by atoms with Crippen LogP contribution in [0.3, 0.4) is 0 Å². The van der Waals surface area contributed by atoms with E-state index in [1.54, 1.807) is 4.90 Å². The molecular formula is C13H22N2O4. The van der Waals surface area contributed by atoms with Crippen molar-refractivity contribution in [1.82, 2.24) is 9.80 Å². The van der Waals surface area contributed by atoms with E-state index in [2.05, 4.69) is 0 Å². The smallest absolute Gasteiger partial charge is 0.326 e. The molecule has 0 aromatic rings. The molecule has 2 saturated heterocycles. The molecule has 108 valence electrons. The van der Waals surface area contributed by atoms with Crippen LogP contribution in [0.4, 0.5) is 4.79 Å². The van der Waals surface area contributed by atoms with E-state index in [4.69, 9.17) is 5.11 Å². The SMILES string of the molecule is CC1CCCCCN1C(=O)N1C[C@H](O)C[C@@H]1C(=O)O. The molecule has 0 aromatic carbocycles. The summed E-state index contributed by atoms with van der Waals surface area (Å²) in [5.41, 5.74) is 0. The highest BCUT2D eigenvalue weighted by Gasteiger charge is 2.41. The lowest BCUT2D eigenvalue weighted by molar-refractivity contribution is -0.141. The first-order valence-electron chi connectivity index (χ1n) is 6.99. The third-order valence-corrected chi connectivity index (χ3v) is 4.11. The summed E-state index contributed by atoms with van der Waals surface area (Å²) in [6, 6.07) is -0.988. The van der Waals surface area contributed by atoms with Crippen molar-refractivity contribution in [3.8, 4) is 0 Å². The van der Waals surface area contributed by atoms with Gasteiger partial charge in [-0.1, -0.05) is 12.8 Å². The molecule has 2 N–H and O–H groups in total. The second kappa shape index (κ2) is 5.77. The summed E-state index contributed by atoms with van der Waals surface area (Å²) in [6.45, 7) is 2.81. The van der Waals surface area contributed by atoms with Crippen LogP contribution < -0.4 is 0 Å². The number of carbonyl (C=O) groups excluding carboxylic acids is 1. The van der Waals surface area contributed by atoms with E-state index < -0.39 is 18.1 Å². The van der Waals surface area contributed by atoms with E-state index in [1.165, 1.54) is 4.90 Å². The van der Waals surface area contributed by atoms with Crippen molar-refractivity contribution in [2.45, 2.75) is 57.2 Å². The van der Waals surface area contributed by atoms with Crippen molar-refractivity contribution in [2.24, 2.45) is 0 Å². The minimum Gasteiger partial charge on any atom is -0.480 e. The Balaban J connectivity index is 2.10. The molecule has 0 spiro atoms. The highest BCUT2D eigenvalue weighted by molar-refractivity contribution is 5.83. The quantitative estimate of drug-likeness (QED) is 0.741. The van der Waals surface area contributed by atoms with Crippen LogP contribution in [0.15, 0.2) is 0 Å². The van der Waals surface area contributed by atoms with Gasteiger partial charge in [0, 0.05) is 25.6 Å². The maximum atomic E-state index is 12.5. The maximum absolute atomic E-state index is 12.5. The van der Waals surface area contributed by atoms with Crippen LogP contribution in [-0.4, -0.2) is 63.3 Å². The number of carboxylic acid groups (broad SMARTS) is 1. The first kappa shape index (κ1) is 14.1. The third-order valence-electron chi connectivity index (χ3n) is 4.11. The summed E-state index contributed by atoms with van der Waals surface area (Å²) in [7, 11) is 0. The molecule has 3 atom stereocenters. The third kappa shape index (κ3) is 3.00. The number of amides is 2. The molecule has 0 saturated carbocycles. The molecule has 0 bridgehead atoms. The lowest BCUT2D eigenvalue weighted by atomic mass is 10.1. The molecule has 0 aliphatic carbocycles. The van der Waals surface area contributed by atoms with Crippen molar-refractivity contribution in [3.63, 3.8) is 0 Å². The number of carbonyl (C=O) groups is 2. The van der Waals surface area contributed by atoms with Gasteiger partial charge in [0.1, 0.15) is 6.04 Å². The maximum Gasteiger partial charge on any atom is 0.326 e. The van der Waals surface area contributed by atoms with Crippen LogP contribution >= 0.6 is 0 Å². The number of β-amino-alcohol motifs (C(OH)–C–C–N with tert-alkyl or cyclic N) is 1. The monoisotopic (exact) mass is 270 g/mol. The number of aliphatic carboxylic acids is 1. The Bertz CT molecular complexity index is 361. The first-order valence-corrected chi connectivity index (χ1v) is 6.99. The van der Waals surface area contributed by atoms with E-state index in [1.807, 2.05) is 6.92 Å². The average Bonchev–Trinajstić information content (AvgIpc) is 2.62. The molecule has 2 rings (SSSR count). The van der Waals surface area contributed by atoms with Crippen LogP contribution in [0.1, 0.15) is 39.0 Å². The minimum atomic E-state index is -1.03. The molecule has 2 fully saturated rings. The van der Waals surface area contributed by atoms with Crippen LogP contribution in [0.5, 0.6) is 0 Å². The summed E-state index contributed by atoms with van der Waals surface area (Å²) in [5.74, 6) is -1.03. The van der Waals surface area contributed by atoms with Crippen LogP contribution in [0.25, 0.3) is 0 Å². The molecule has 19 heavy (non-hydrogen) atoms. The van der Waals surface area contributed by atoms with Crippen molar-refractivity contribution < 1.29 is 19.8 Å². The number of urea groups is 1. The summed E-state index contributed by atoms with van der Waals surface area (Å²) in [6.07, 6.45) is 3.54. The van der Waals surface area contributed by atoms with E-state index in [9.17, 15) is 14.7 Å². The normalized spacial score (nSPS) is 32.2. The Labute approximate surface area is 113 Å². The number of carboxylic acids is 1. The Kier molecular flexibility index (Phi) is 4.29. The molecule has 1 unspecified atom stereocenters. The van der Waals surface area contributed by atoms with Crippen LogP contribution in [0.2, 0.25) is 0 Å². The largest absolute Gasteiger partial charge is 0.480 e. The fraction of sp³-hybridized carbons (Fsp3) is 0.846. The Morgan fingerprint density at radius 3 is 2.58 bits per heavy atom. The lowest BCUT2D eigenvalue weighted by Crippen LogP contribution is -2.50. The van der Waals surface area contributed by atoms with Crippen LogP contribution in [0, 0.1) is 0 Å². The van der Waals surface area contributed by atoms with Gasteiger partial charge in [-0.25, -0.2) is 9.59 Å². The Morgan fingerprint density at radius 1 is 1.16 bits per heavy atom. The zero-order valence-electron chi connectivity index (χ0n) is 11.3. The number of nitrogens with zero attached hydrogens (tertiary/aromatic N) is 2. The molecule has 6 heteroatoms. The number of likely N-dealkylation sites (tertiary alicyclic amines) is 2. The molecule has 2 amide bonds. The summed E-state index contributed by atoms with van der Waals surface area (Å²) < 4.78 is 0. The number of hydrogen-bond donors (Lipinski definition) is 2. The van der Waals surface area contributed by atoms with E-state index in [0.717, 1.165) is 25.7 Å².